The van der Waals surface area contributed by atoms with Crippen LogP contribution in [0.5, 0.6) is 11.5 Å². The van der Waals surface area contributed by atoms with E-state index in [9.17, 15) is 10.2 Å². The monoisotopic (exact) mass is 564 g/mol. The summed E-state index contributed by atoms with van der Waals surface area (Å²) in [6.07, 6.45) is 0. The smallest absolute Gasteiger partial charge is 0.115 e. The molecule has 8 rings (SSSR count). The second-order valence-corrected chi connectivity index (χ2v) is 11.2. The molecule has 8 aromatic carbocycles. The summed E-state index contributed by atoms with van der Waals surface area (Å²) in [7, 11) is 0. The van der Waals surface area contributed by atoms with Gasteiger partial charge in [0.1, 0.15) is 11.5 Å². The minimum absolute atomic E-state index is 0.238. The van der Waals surface area contributed by atoms with Crippen molar-refractivity contribution < 1.29 is 10.2 Å². The molecule has 0 aliphatic rings. The first-order valence-corrected chi connectivity index (χ1v) is 14.8. The van der Waals surface area contributed by atoms with E-state index in [1.165, 1.54) is 11.1 Å². The normalized spacial score (nSPS) is 11.4. The maximum absolute atomic E-state index is 10.3. The second kappa shape index (κ2) is 10.4. The zero-order chi connectivity index (χ0) is 29.6. The highest BCUT2D eigenvalue weighted by molar-refractivity contribution is 6.33. The average molecular weight is 565 g/mol. The van der Waals surface area contributed by atoms with Crippen molar-refractivity contribution in [3.8, 4) is 56.0 Å². The maximum Gasteiger partial charge on any atom is 0.115 e. The first-order valence-electron chi connectivity index (χ1n) is 14.8. The van der Waals surface area contributed by atoms with E-state index in [0.717, 1.165) is 65.7 Å². The quantitative estimate of drug-likeness (QED) is 0.209. The van der Waals surface area contributed by atoms with Gasteiger partial charge in [-0.2, -0.15) is 0 Å². The molecular formula is C42H28O2. The first kappa shape index (κ1) is 25.8. The van der Waals surface area contributed by atoms with Gasteiger partial charge in [-0.1, -0.05) is 133 Å². The summed E-state index contributed by atoms with van der Waals surface area (Å²) in [5, 5.41) is 27.5. The molecule has 44 heavy (non-hydrogen) atoms. The van der Waals surface area contributed by atoms with Crippen molar-refractivity contribution in [3.05, 3.63) is 158 Å². The molecule has 0 amide bonds. The van der Waals surface area contributed by atoms with Gasteiger partial charge in [-0.25, -0.2) is 0 Å². The molecule has 0 saturated heterocycles. The van der Waals surface area contributed by atoms with Crippen molar-refractivity contribution in [2.24, 2.45) is 0 Å². The highest BCUT2D eigenvalue weighted by Gasteiger charge is 2.25. The fraction of sp³-hybridized carbons (Fsp3) is 0. The number of fused-ring (bicyclic) bond motifs is 3. The number of benzene rings is 8. The lowest BCUT2D eigenvalue weighted by Crippen LogP contribution is -1.97. The maximum atomic E-state index is 10.3. The van der Waals surface area contributed by atoms with Gasteiger partial charge in [-0.3, -0.25) is 0 Å². The lowest BCUT2D eigenvalue weighted by molar-refractivity contribution is 0.475. The standard InChI is InChI=1S/C42H28O2/c43-31-23-19-29(20-24-31)39-36-18-10-8-16-34(36)38(28-13-5-2-6-14-28)42-40(30-21-25-32(44)26-22-30)35-17-9-7-15-33(35)37(41(39)42)27-11-3-1-4-12-27/h1-26,43-44H. The van der Waals surface area contributed by atoms with E-state index in [-0.39, 0.29) is 11.5 Å². The van der Waals surface area contributed by atoms with Gasteiger partial charge in [0.15, 0.2) is 0 Å². The van der Waals surface area contributed by atoms with E-state index >= 15 is 0 Å². The summed E-state index contributed by atoms with van der Waals surface area (Å²) in [4.78, 5) is 0. The summed E-state index contributed by atoms with van der Waals surface area (Å²) in [5.74, 6) is 0.476. The first-order chi connectivity index (χ1) is 21.7. The Morgan fingerprint density at radius 1 is 0.250 bits per heavy atom. The largest absolute Gasteiger partial charge is 0.508 e. The van der Waals surface area contributed by atoms with Crippen LogP contribution in [-0.2, 0) is 0 Å². The number of hydrogen-bond donors (Lipinski definition) is 2. The summed E-state index contributed by atoms with van der Waals surface area (Å²) >= 11 is 0. The molecular weight excluding hydrogens is 536 g/mol. The molecule has 2 N–H and O–H groups in total. The van der Waals surface area contributed by atoms with Crippen LogP contribution in [0, 0.1) is 0 Å². The molecule has 2 nitrogen and oxygen atoms in total. The van der Waals surface area contributed by atoms with E-state index in [2.05, 4.69) is 109 Å². The van der Waals surface area contributed by atoms with Crippen LogP contribution < -0.4 is 0 Å². The molecule has 0 unspecified atom stereocenters. The van der Waals surface area contributed by atoms with Crippen molar-refractivity contribution in [1.82, 2.24) is 0 Å². The second-order valence-electron chi connectivity index (χ2n) is 11.2. The van der Waals surface area contributed by atoms with Crippen molar-refractivity contribution in [2.75, 3.05) is 0 Å². The van der Waals surface area contributed by atoms with Crippen LogP contribution in [0.3, 0.4) is 0 Å². The van der Waals surface area contributed by atoms with Crippen LogP contribution in [0.25, 0.3) is 76.8 Å². The number of hydrogen-bond acceptors (Lipinski definition) is 2. The Labute approximate surface area is 255 Å². The number of aromatic hydroxyl groups is 2. The zero-order valence-electron chi connectivity index (χ0n) is 23.9. The molecule has 0 spiro atoms. The van der Waals surface area contributed by atoms with Crippen LogP contribution in [0.2, 0.25) is 0 Å². The Bertz CT molecular complexity index is 2140. The Morgan fingerprint density at radius 2 is 0.500 bits per heavy atom. The highest BCUT2D eigenvalue weighted by Crippen LogP contribution is 2.53. The van der Waals surface area contributed by atoms with Crippen LogP contribution in [0.15, 0.2) is 158 Å². The van der Waals surface area contributed by atoms with Crippen molar-refractivity contribution >= 4 is 32.3 Å². The van der Waals surface area contributed by atoms with Gasteiger partial charge < -0.3 is 10.2 Å². The molecule has 0 heterocycles. The molecule has 208 valence electrons. The molecule has 0 saturated carbocycles. The Hall–Kier alpha value is -5.86. The molecule has 0 fully saturated rings. The number of phenolic OH excluding ortho intramolecular Hbond substituents is 2. The van der Waals surface area contributed by atoms with Gasteiger partial charge in [0.25, 0.3) is 0 Å². The predicted molar refractivity (Wildman–Crippen MR) is 184 cm³/mol. The van der Waals surface area contributed by atoms with Gasteiger partial charge >= 0.3 is 0 Å². The van der Waals surface area contributed by atoms with E-state index in [1.54, 1.807) is 24.3 Å². The van der Waals surface area contributed by atoms with Crippen molar-refractivity contribution in [1.29, 1.82) is 0 Å². The van der Waals surface area contributed by atoms with Gasteiger partial charge in [0.2, 0.25) is 0 Å². The van der Waals surface area contributed by atoms with Gasteiger partial charge in [0.05, 0.1) is 0 Å². The third-order valence-electron chi connectivity index (χ3n) is 8.62. The molecule has 2 heteroatoms. The average Bonchev–Trinajstić information content (AvgIpc) is 3.08. The van der Waals surface area contributed by atoms with Gasteiger partial charge in [-0.05, 0) is 101 Å². The molecule has 0 aliphatic heterocycles. The van der Waals surface area contributed by atoms with Gasteiger partial charge in [0, 0.05) is 0 Å². The van der Waals surface area contributed by atoms with E-state index in [0.29, 0.717) is 0 Å². The summed E-state index contributed by atoms with van der Waals surface area (Å²) in [5.41, 5.74) is 8.94. The molecule has 8 aromatic rings. The SMILES string of the molecule is Oc1ccc(-c2c3ccccc3c(-c3ccccc3)c3c(-c4ccc(O)cc4)c4ccccc4c(-c4ccccc4)c23)cc1. The van der Waals surface area contributed by atoms with Gasteiger partial charge in [-0.15, -0.1) is 0 Å². The topological polar surface area (TPSA) is 40.5 Å². The lowest BCUT2D eigenvalue weighted by Gasteiger charge is -2.25. The molecule has 0 bridgehead atoms. The summed E-state index contributed by atoms with van der Waals surface area (Å²) in [6, 6.07) is 53.8. The van der Waals surface area contributed by atoms with Crippen LogP contribution >= 0.6 is 0 Å². The van der Waals surface area contributed by atoms with Crippen LogP contribution in [0.4, 0.5) is 0 Å². The summed E-state index contributed by atoms with van der Waals surface area (Å²) < 4.78 is 0. The Morgan fingerprint density at radius 3 is 0.795 bits per heavy atom. The van der Waals surface area contributed by atoms with Crippen molar-refractivity contribution in [2.45, 2.75) is 0 Å². The molecule has 0 atom stereocenters. The predicted octanol–water partition coefficient (Wildman–Crippen LogP) is 11.2. The van der Waals surface area contributed by atoms with Crippen molar-refractivity contribution in [3.63, 3.8) is 0 Å². The van der Waals surface area contributed by atoms with E-state index in [1.807, 2.05) is 24.3 Å². The van der Waals surface area contributed by atoms with Crippen LogP contribution in [-0.4, -0.2) is 10.2 Å². The highest BCUT2D eigenvalue weighted by atomic mass is 16.3. The van der Waals surface area contributed by atoms with Crippen LogP contribution in [0.1, 0.15) is 0 Å². The third kappa shape index (κ3) is 4.11. The Kier molecular flexibility index (Phi) is 6.13. The number of rotatable bonds is 4. The zero-order valence-corrected chi connectivity index (χ0v) is 23.9. The molecule has 0 aliphatic carbocycles. The minimum atomic E-state index is 0.238. The number of phenols is 2. The van der Waals surface area contributed by atoms with E-state index in [4.69, 9.17) is 0 Å². The Balaban J connectivity index is 1.75. The minimum Gasteiger partial charge on any atom is -0.508 e. The lowest BCUT2D eigenvalue weighted by atomic mass is 9.77. The summed E-state index contributed by atoms with van der Waals surface area (Å²) in [6.45, 7) is 0. The fourth-order valence-corrected chi connectivity index (χ4v) is 6.79. The molecule has 0 radical (unpaired) electrons. The third-order valence-corrected chi connectivity index (χ3v) is 8.62. The van der Waals surface area contributed by atoms with E-state index < -0.39 is 0 Å². The fourth-order valence-electron chi connectivity index (χ4n) is 6.79. The molecule has 0 aromatic heterocycles.